The molecule has 2 nitrogen and oxygen atoms in total. The van der Waals surface area contributed by atoms with Gasteiger partial charge >= 0.3 is 5.97 Å². The Balaban J connectivity index is 2.93. The lowest BCUT2D eigenvalue weighted by molar-refractivity contribution is -0.138. The molecule has 0 bridgehead atoms. The molecule has 0 amide bonds. The first kappa shape index (κ1) is 15.5. The second kappa shape index (κ2) is 7.78. The lowest BCUT2D eigenvalue weighted by Gasteiger charge is -2.26. The van der Waals surface area contributed by atoms with E-state index in [1.807, 2.05) is 26.0 Å². The quantitative estimate of drug-likeness (QED) is 0.403. The fourth-order valence-corrected chi connectivity index (χ4v) is 2.54. The van der Waals surface area contributed by atoms with Crippen LogP contribution in [-0.2, 0) is 9.53 Å². The minimum absolute atomic E-state index is 0.290. The van der Waals surface area contributed by atoms with Crippen LogP contribution in [0.5, 0.6) is 0 Å². The van der Waals surface area contributed by atoms with Crippen molar-refractivity contribution >= 4 is 5.97 Å². The van der Waals surface area contributed by atoms with Crippen molar-refractivity contribution in [1.82, 2.24) is 0 Å². The number of hydrogen-bond donors (Lipinski definition) is 0. The molecule has 19 heavy (non-hydrogen) atoms. The Morgan fingerprint density at radius 2 is 2.26 bits per heavy atom. The van der Waals surface area contributed by atoms with Gasteiger partial charge in [0.15, 0.2) is 0 Å². The number of rotatable bonds is 6. The molecule has 0 saturated heterocycles. The summed E-state index contributed by atoms with van der Waals surface area (Å²) in [5.41, 5.74) is 2.81. The molecule has 0 radical (unpaired) electrons. The lowest BCUT2D eigenvalue weighted by Crippen LogP contribution is -2.15. The molecule has 0 aromatic carbocycles. The maximum Gasteiger partial charge on any atom is 0.337 e. The molecule has 0 spiro atoms. The summed E-state index contributed by atoms with van der Waals surface area (Å²) in [6.07, 6.45) is 10.1. The number of hydrogen-bond acceptors (Lipinski definition) is 2. The van der Waals surface area contributed by atoms with E-state index in [2.05, 4.69) is 19.2 Å². The highest BCUT2D eigenvalue weighted by Gasteiger charge is 2.23. The van der Waals surface area contributed by atoms with Gasteiger partial charge in [0.05, 0.1) is 12.2 Å². The molecule has 0 aromatic rings. The van der Waals surface area contributed by atoms with Crippen LogP contribution in [0.4, 0.5) is 0 Å². The molecule has 1 aliphatic rings. The summed E-state index contributed by atoms with van der Waals surface area (Å²) in [5, 5.41) is 0. The highest BCUT2D eigenvalue weighted by molar-refractivity contribution is 5.93. The van der Waals surface area contributed by atoms with Gasteiger partial charge in [-0.05, 0) is 56.6 Å². The van der Waals surface area contributed by atoms with Crippen LogP contribution in [-0.4, -0.2) is 12.6 Å². The molecule has 0 heterocycles. The summed E-state index contributed by atoms with van der Waals surface area (Å²) in [7, 11) is 0. The Bertz CT molecular complexity index is 413. The van der Waals surface area contributed by atoms with Crippen molar-refractivity contribution in [3.05, 3.63) is 48.1 Å². The summed E-state index contributed by atoms with van der Waals surface area (Å²) in [4.78, 5) is 11.8. The molecule has 0 fully saturated rings. The van der Waals surface area contributed by atoms with Crippen molar-refractivity contribution in [2.75, 3.05) is 6.61 Å². The van der Waals surface area contributed by atoms with Gasteiger partial charge in [0.2, 0.25) is 0 Å². The van der Waals surface area contributed by atoms with E-state index in [-0.39, 0.29) is 5.97 Å². The molecule has 0 aromatic heterocycles. The fraction of sp³-hybridized carbons (Fsp3) is 0.471. The van der Waals surface area contributed by atoms with Crippen molar-refractivity contribution in [3.63, 3.8) is 0 Å². The Morgan fingerprint density at radius 1 is 1.53 bits per heavy atom. The van der Waals surface area contributed by atoms with E-state index >= 15 is 0 Å². The van der Waals surface area contributed by atoms with E-state index in [0.717, 1.165) is 31.3 Å². The number of esters is 1. The van der Waals surface area contributed by atoms with Gasteiger partial charge in [-0.1, -0.05) is 24.8 Å². The van der Waals surface area contributed by atoms with E-state index in [1.165, 1.54) is 5.57 Å². The first-order valence-electron chi connectivity index (χ1n) is 6.96. The number of carbonyl (C=O) groups is 1. The Kier molecular flexibility index (Phi) is 6.34. The van der Waals surface area contributed by atoms with E-state index in [4.69, 9.17) is 4.74 Å². The maximum absolute atomic E-state index is 11.8. The molecule has 1 aliphatic carbocycles. The van der Waals surface area contributed by atoms with Gasteiger partial charge in [0.1, 0.15) is 0 Å². The molecular formula is C17H24O2. The third-order valence-electron chi connectivity index (χ3n) is 3.45. The second-order valence-corrected chi connectivity index (χ2v) is 4.84. The molecule has 0 N–H and O–H groups in total. The summed E-state index contributed by atoms with van der Waals surface area (Å²) < 4.78 is 5.04. The molecular weight excluding hydrogens is 236 g/mol. The lowest BCUT2D eigenvalue weighted by atomic mass is 9.80. The van der Waals surface area contributed by atoms with Gasteiger partial charge in [0.25, 0.3) is 0 Å². The maximum atomic E-state index is 11.8. The zero-order valence-electron chi connectivity index (χ0n) is 12.1. The molecule has 104 valence electrons. The van der Waals surface area contributed by atoms with Crippen molar-refractivity contribution in [1.29, 1.82) is 0 Å². The predicted molar refractivity (Wildman–Crippen MR) is 79.8 cm³/mol. The van der Waals surface area contributed by atoms with Crippen LogP contribution in [0.15, 0.2) is 48.1 Å². The first-order valence-corrected chi connectivity index (χ1v) is 6.96. The highest BCUT2D eigenvalue weighted by Crippen LogP contribution is 2.35. The van der Waals surface area contributed by atoms with Crippen LogP contribution in [0.1, 0.15) is 39.5 Å². The molecule has 1 atom stereocenters. The molecule has 0 aliphatic heterocycles. The van der Waals surface area contributed by atoms with Gasteiger partial charge < -0.3 is 4.74 Å². The van der Waals surface area contributed by atoms with Crippen molar-refractivity contribution < 1.29 is 9.53 Å². The average molecular weight is 260 g/mol. The number of carbonyl (C=O) groups excluding carboxylic acids is 1. The Morgan fingerprint density at radius 3 is 2.84 bits per heavy atom. The van der Waals surface area contributed by atoms with Gasteiger partial charge in [-0.2, -0.15) is 0 Å². The summed E-state index contributed by atoms with van der Waals surface area (Å²) >= 11 is 0. The minimum Gasteiger partial charge on any atom is -0.462 e. The van der Waals surface area contributed by atoms with Crippen molar-refractivity contribution in [2.45, 2.75) is 39.5 Å². The summed E-state index contributed by atoms with van der Waals surface area (Å²) in [6.45, 7) is 11.9. The standard InChI is InChI=1S/C17H24O2/c1-5-8-14-10-11-16(15(12-14)9-6-2)13(4)17(18)19-7-3/h5-6,9,14H,1,4,7-8,10-12H2,2-3H3/b9-6-. The van der Waals surface area contributed by atoms with Crippen LogP contribution in [0.3, 0.4) is 0 Å². The van der Waals surface area contributed by atoms with Gasteiger partial charge in [-0.25, -0.2) is 4.79 Å². The van der Waals surface area contributed by atoms with Crippen LogP contribution in [0.25, 0.3) is 0 Å². The minimum atomic E-state index is -0.290. The van der Waals surface area contributed by atoms with E-state index in [9.17, 15) is 4.79 Å². The van der Waals surface area contributed by atoms with Crippen LogP contribution >= 0.6 is 0 Å². The van der Waals surface area contributed by atoms with Crippen LogP contribution < -0.4 is 0 Å². The number of allylic oxidation sites excluding steroid dienone is 4. The zero-order valence-corrected chi connectivity index (χ0v) is 12.1. The predicted octanol–water partition coefficient (Wildman–Crippen LogP) is 4.35. The van der Waals surface area contributed by atoms with Crippen LogP contribution in [0.2, 0.25) is 0 Å². The second-order valence-electron chi connectivity index (χ2n) is 4.84. The van der Waals surface area contributed by atoms with Gasteiger partial charge in [-0.15, -0.1) is 6.58 Å². The Labute approximate surface area is 116 Å². The molecule has 2 heteroatoms. The topological polar surface area (TPSA) is 26.3 Å². The van der Waals surface area contributed by atoms with Crippen LogP contribution in [0, 0.1) is 5.92 Å². The normalized spacial score (nSPS) is 19.6. The Hall–Kier alpha value is -1.57. The zero-order chi connectivity index (χ0) is 14.3. The average Bonchev–Trinajstić information content (AvgIpc) is 2.39. The van der Waals surface area contributed by atoms with Gasteiger partial charge in [-0.3, -0.25) is 0 Å². The largest absolute Gasteiger partial charge is 0.462 e. The third kappa shape index (κ3) is 4.23. The van der Waals surface area contributed by atoms with E-state index in [1.54, 1.807) is 0 Å². The number of ether oxygens (including phenoxy) is 1. The van der Waals surface area contributed by atoms with E-state index < -0.39 is 0 Å². The highest BCUT2D eigenvalue weighted by atomic mass is 16.5. The van der Waals surface area contributed by atoms with Crippen molar-refractivity contribution in [2.24, 2.45) is 5.92 Å². The monoisotopic (exact) mass is 260 g/mol. The fourth-order valence-electron chi connectivity index (χ4n) is 2.54. The first-order chi connectivity index (χ1) is 9.13. The molecule has 1 rings (SSSR count). The van der Waals surface area contributed by atoms with Gasteiger partial charge in [0, 0.05) is 0 Å². The summed E-state index contributed by atoms with van der Waals surface area (Å²) in [6, 6.07) is 0. The molecule has 1 unspecified atom stereocenters. The third-order valence-corrected chi connectivity index (χ3v) is 3.45. The van der Waals surface area contributed by atoms with E-state index in [0.29, 0.717) is 18.1 Å². The molecule has 0 saturated carbocycles. The smallest absolute Gasteiger partial charge is 0.337 e. The van der Waals surface area contributed by atoms with Crippen molar-refractivity contribution in [3.8, 4) is 0 Å². The SMILES string of the molecule is C=CCC1CCC(C(=C)C(=O)OCC)=C(/C=C\C)C1. The summed E-state index contributed by atoms with van der Waals surface area (Å²) in [5.74, 6) is 0.337.